The van der Waals surface area contributed by atoms with E-state index in [-0.39, 0.29) is 18.0 Å². The SMILES string of the molecule is C=CC(=O)Nc1cc(Nc2ncc(Cl)c(-n3cc(CN4C[C@H](O)[C@H](OC)C4)c(C)n3)n2)c(OC)cc1N1CCOCC1. The fraction of sp³-hybridized carbons (Fsp3) is 0.429. The second-order valence-corrected chi connectivity index (χ2v) is 10.5. The fourth-order valence-electron chi connectivity index (χ4n) is 5.08. The Bertz CT molecular complexity index is 1440. The Kier molecular flexibility index (Phi) is 9.24. The zero-order valence-corrected chi connectivity index (χ0v) is 24.6. The Labute approximate surface area is 249 Å². The number of aliphatic hydroxyl groups is 1. The number of halogens is 1. The Morgan fingerprint density at radius 3 is 2.74 bits per heavy atom. The maximum atomic E-state index is 12.3. The Balaban J connectivity index is 1.42. The first kappa shape index (κ1) is 29.7. The number of rotatable bonds is 10. The van der Waals surface area contributed by atoms with Gasteiger partial charge in [-0.2, -0.15) is 10.1 Å². The molecule has 0 aliphatic carbocycles. The molecule has 1 aromatic carbocycles. The van der Waals surface area contributed by atoms with E-state index in [1.165, 1.54) is 12.3 Å². The van der Waals surface area contributed by atoms with Crippen LogP contribution in [0.5, 0.6) is 5.75 Å². The molecule has 14 heteroatoms. The third kappa shape index (κ3) is 6.50. The second-order valence-electron chi connectivity index (χ2n) is 10.1. The number of anilines is 4. The number of hydrogen-bond acceptors (Lipinski definition) is 11. The van der Waals surface area contributed by atoms with E-state index < -0.39 is 6.10 Å². The van der Waals surface area contributed by atoms with Gasteiger partial charge in [0.05, 0.1) is 61.5 Å². The first-order valence-corrected chi connectivity index (χ1v) is 13.9. The average Bonchev–Trinajstić information content (AvgIpc) is 3.55. The monoisotopic (exact) mass is 598 g/mol. The van der Waals surface area contributed by atoms with Crippen molar-refractivity contribution in [2.75, 3.05) is 69.1 Å². The van der Waals surface area contributed by atoms with Crippen LogP contribution >= 0.6 is 11.6 Å². The largest absolute Gasteiger partial charge is 0.494 e. The van der Waals surface area contributed by atoms with Crippen molar-refractivity contribution in [2.24, 2.45) is 0 Å². The van der Waals surface area contributed by atoms with Crippen LogP contribution in [0.2, 0.25) is 5.02 Å². The summed E-state index contributed by atoms with van der Waals surface area (Å²) in [5, 5.41) is 21.3. The van der Waals surface area contributed by atoms with Crippen LogP contribution in [0.3, 0.4) is 0 Å². The summed E-state index contributed by atoms with van der Waals surface area (Å²) in [6, 6.07) is 3.63. The molecule has 2 atom stereocenters. The number of carbonyl (C=O) groups is 1. The van der Waals surface area contributed by atoms with Crippen LogP contribution in [0.15, 0.2) is 37.2 Å². The van der Waals surface area contributed by atoms with Gasteiger partial charge in [0.15, 0.2) is 5.82 Å². The highest BCUT2D eigenvalue weighted by Gasteiger charge is 2.31. The highest BCUT2D eigenvalue weighted by atomic mass is 35.5. The second kappa shape index (κ2) is 13.0. The van der Waals surface area contributed by atoms with Crippen LogP contribution in [0.4, 0.5) is 23.0 Å². The molecular weight excluding hydrogens is 564 g/mol. The molecular formula is C28H35ClN8O5. The molecule has 0 saturated carbocycles. The standard InChI is InChI=1S/C28H35ClN8O5/c1-5-26(39)31-20-10-21(24(40-3)11-22(20)36-6-8-42-9-7-36)32-28-30-12-19(29)27(33-28)37-14-18(17(2)34-37)13-35-15-23(38)25(16-35)41-4/h5,10-12,14,23,25,38H,1,6-9,13,15-16H2,2-4H3,(H,31,39)(H,30,32,33)/t23-,25+/m0/s1. The number of ether oxygens (including phenoxy) is 3. The number of aliphatic hydroxyl groups excluding tert-OH is 1. The maximum Gasteiger partial charge on any atom is 0.247 e. The van der Waals surface area contributed by atoms with E-state index in [4.69, 9.17) is 25.8 Å². The molecule has 0 spiro atoms. The summed E-state index contributed by atoms with van der Waals surface area (Å²) >= 11 is 6.52. The quantitative estimate of drug-likeness (QED) is 0.297. The third-order valence-corrected chi connectivity index (χ3v) is 7.58. The lowest BCUT2D eigenvalue weighted by Gasteiger charge is -2.31. The lowest BCUT2D eigenvalue weighted by molar-refractivity contribution is -0.111. The number of nitrogens with one attached hydrogen (secondary N) is 2. The predicted octanol–water partition coefficient (Wildman–Crippen LogP) is 2.53. The lowest BCUT2D eigenvalue weighted by atomic mass is 10.1. The number of nitrogens with zero attached hydrogens (tertiary/aromatic N) is 6. The van der Waals surface area contributed by atoms with E-state index in [2.05, 4.69) is 42.1 Å². The fourth-order valence-corrected chi connectivity index (χ4v) is 5.26. The normalized spacial score (nSPS) is 19.1. The highest BCUT2D eigenvalue weighted by Crippen LogP contribution is 2.38. The van der Waals surface area contributed by atoms with Crippen LogP contribution < -0.4 is 20.3 Å². The maximum absolute atomic E-state index is 12.3. The van der Waals surface area contributed by atoms with Crippen molar-refractivity contribution >= 4 is 40.5 Å². The van der Waals surface area contributed by atoms with Gasteiger partial charge in [-0.25, -0.2) is 9.67 Å². The van der Waals surface area contributed by atoms with E-state index in [0.29, 0.717) is 73.9 Å². The van der Waals surface area contributed by atoms with Crippen LogP contribution in [-0.2, 0) is 20.8 Å². The summed E-state index contributed by atoms with van der Waals surface area (Å²) < 4.78 is 18.2. The van der Waals surface area contributed by atoms with Crippen molar-refractivity contribution in [1.29, 1.82) is 0 Å². The summed E-state index contributed by atoms with van der Waals surface area (Å²) in [6.45, 7) is 9.75. The molecule has 2 aliphatic rings. The van der Waals surface area contributed by atoms with Gasteiger partial charge < -0.3 is 34.9 Å². The van der Waals surface area contributed by atoms with Gasteiger partial charge in [-0.1, -0.05) is 18.2 Å². The summed E-state index contributed by atoms with van der Waals surface area (Å²) in [4.78, 5) is 25.5. The number of methoxy groups -OCH3 is 2. The van der Waals surface area contributed by atoms with Gasteiger partial charge in [-0.15, -0.1) is 0 Å². The first-order chi connectivity index (χ1) is 20.3. The van der Waals surface area contributed by atoms with Crippen LogP contribution in [0.1, 0.15) is 11.3 Å². The molecule has 2 fully saturated rings. The lowest BCUT2D eigenvalue weighted by Crippen LogP contribution is -2.36. The summed E-state index contributed by atoms with van der Waals surface area (Å²) in [5.74, 6) is 0.848. The van der Waals surface area contributed by atoms with Gasteiger partial charge >= 0.3 is 0 Å². The topological polar surface area (TPSA) is 139 Å². The van der Waals surface area contributed by atoms with Crippen molar-refractivity contribution in [2.45, 2.75) is 25.7 Å². The molecule has 42 heavy (non-hydrogen) atoms. The van der Waals surface area contributed by atoms with Crippen molar-refractivity contribution in [1.82, 2.24) is 24.6 Å². The molecule has 0 radical (unpaired) electrons. The summed E-state index contributed by atoms with van der Waals surface area (Å²) in [5.41, 5.74) is 3.72. The number of carbonyl (C=O) groups excluding carboxylic acids is 1. The number of likely N-dealkylation sites (tertiary alicyclic amines) is 1. The summed E-state index contributed by atoms with van der Waals surface area (Å²) in [6.07, 6.45) is 3.85. The van der Waals surface area contributed by atoms with Gasteiger partial charge in [0, 0.05) is 57.7 Å². The molecule has 5 rings (SSSR count). The van der Waals surface area contributed by atoms with Gasteiger partial charge in [0.25, 0.3) is 0 Å². The van der Waals surface area contributed by atoms with E-state index in [1.54, 1.807) is 25.0 Å². The molecule has 1 amide bonds. The first-order valence-electron chi connectivity index (χ1n) is 13.6. The number of β-amino-alcohol motifs (C(OH)–C–C–N with tert-alkyl or cyclic N) is 1. The van der Waals surface area contributed by atoms with Gasteiger partial charge in [0.1, 0.15) is 10.8 Å². The highest BCUT2D eigenvalue weighted by molar-refractivity contribution is 6.32. The molecule has 3 aromatic rings. The minimum atomic E-state index is -0.527. The van der Waals surface area contributed by atoms with Crippen LogP contribution in [0, 0.1) is 6.92 Å². The van der Waals surface area contributed by atoms with Crippen molar-refractivity contribution in [3.05, 3.63) is 53.5 Å². The molecule has 2 aliphatic heterocycles. The molecule has 0 unspecified atom stereocenters. The van der Waals surface area contributed by atoms with Crippen molar-refractivity contribution in [3.63, 3.8) is 0 Å². The molecule has 13 nitrogen and oxygen atoms in total. The number of morpholine rings is 1. The van der Waals surface area contributed by atoms with Crippen LogP contribution in [0.25, 0.3) is 5.82 Å². The molecule has 4 heterocycles. The number of aryl methyl sites for hydroxylation is 1. The van der Waals surface area contributed by atoms with E-state index >= 15 is 0 Å². The minimum absolute atomic E-state index is 0.212. The molecule has 3 N–H and O–H groups in total. The van der Waals surface area contributed by atoms with E-state index in [0.717, 1.165) is 16.9 Å². The zero-order chi connectivity index (χ0) is 29.8. The number of aromatic nitrogens is 4. The molecule has 224 valence electrons. The average molecular weight is 599 g/mol. The molecule has 0 bridgehead atoms. The van der Waals surface area contributed by atoms with Gasteiger partial charge in [-0.3, -0.25) is 9.69 Å². The number of hydrogen-bond donors (Lipinski definition) is 3. The smallest absolute Gasteiger partial charge is 0.247 e. The van der Waals surface area contributed by atoms with Crippen molar-refractivity contribution in [3.8, 4) is 11.6 Å². The minimum Gasteiger partial charge on any atom is -0.494 e. The van der Waals surface area contributed by atoms with E-state index in [9.17, 15) is 9.90 Å². The van der Waals surface area contributed by atoms with Gasteiger partial charge in [-0.05, 0) is 19.1 Å². The van der Waals surface area contributed by atoms with Gasteiger partial charge in [0.2, 0.25) is 11.9 Å². The Morgan fingerprint density at radius 2 is 2.05 bits per heavy atom. The van der Waals surface area contributed by atoms with Crippen LogP contribution in [-0.4, -0.2) is 101 Å². The Hall–Kier alpha value is -3.75. The number of amides is 1. The number of benzene rings is 1. The third-order valence-electron chi connectivity index (χ3n) is 7.31. The Morgan fingerprint density at radius 1 is 1.26 bits per heavy atom. The van der Waals surface area contributed by atoms with E-state index in [1.807, 2.05) is 19.2 Å². The summed E-state index contributed by atoms with van der Waals surface area (Å²) in [7, 11) is 3.18. The molecule has 2 aromatic heterocycles. The predicted molar refractivity (Wildman–Crippen MR) is 159 cm³/mol. The molecule has 2 saturated heterocycles. The zero-order valence-electron chi connectivity index (χ0n) is 23.8. The van der Waals surface area contributed by atoms with Crippen molar-refractivity contribution < 1.29 is 24.1 Å².